The van der Waals surface area contributed by atoms with E-state index in [0.29, 0.717) is 21.8 Å². The van der Waals surface area contributed by atoms with E-state index < -0.39 is 46.6 Å². The molecule has 2 aliphatic rings. The number of carbonyl (C=O) groups excluding carboxylic acids is 4. The van der Waals surface area contributed by atoms with Gasteiger partial charge in [0, 0.05) is 10.6 Å². The molecule has 8 heteroatoms. The fourth-order valence-corrected chi connectivity index (χ4v) is 4.63. The smallest absolute Gasteiger partial charge is 0.421 e. The first-order valence-corrected chi connectivity index (χ1v) is 10.5. The minimum atomic E-state index is -1.53. The Labute approximate surface area is 190 Å². The number of rotatable bonds is 3. The maximum Gasteiger partial charge on any atom is 0.421 e. The average Bonchev–Trinajstić information content (AvgIpc) is 3.36. The lowest BCUT2D eigenvalue weighted by molar-refractivity contribution is -0.143. The molecule has 1 aliphatic carbocycles. The van der Waals surface area contributed by atoms with Gasteiger partial charge >= 0.3 is 12.1 Å². The van der Waals surface area contributed by atoms with E-state index in [1.54, 1.807) is 69.3 Å². The van der Waals surface area contributed by atoms with Crippen LogP contribution in [0.5, 0.6) is 0 Å². The van der Waals surface area contributed by atoms with Crippen molar-refractivity contribution in [1.29, 1.82) is 0 Å². The van der Waals surface area contributed by atoms with Crippen LogP contribution in [-0.4, -0.2) is 36.5 Å². The van der Waals surface area contributed by atoms with Gasteiger partial charge in [0.25, 0.3) is 0 Å². The Hall–Kier alpha value is -3.19. The molecule has 0 aromatic heterocycles. The molecule has 2 aromatic carbocycles. The van der Waals surface area contributed by atoms with E-state index in [1.807, 2.05) is 0 Å². The number of anilines is 1. The van der Waals surface area contributed by atoms with Gasteiger partial charge in [-0.1, -0.05) is 29.8 Å². The van der Waals surface area contributed by atoms with E-state index in [-0.39, 0.29) is 0 Å². The Kier molecular flexibility index (Phi) is 5.12. The predicted octanol–water partition coefficient (Wildman–Crippen LogP) is 4.16. The van der Waals surface area contributed by atoms with E-state index in [9.17, 15) is 19.2 Å². The molecular weight excluding hydrogens is 434 g/mol. The number of imide groups is 1. The molecule has 166 valence electrons. The number of esters is 1. The molecular formula is C24H22ClNO6. The van der Waals surface area contributed by atoms with Crippen LogP contribution in [0.1, 0.15) is 36.7 Å². The molecule has 0 saturated heterocycles. The molecule has 2 amide bonds. The van der Waals surface area contributed by atoms with Gasteiger partial charge in [0.1, 0.15) is 11.0 Å². The second kappa shape index (κ2) is 7.45. The van der Waals surface area contributed by atoms with Crippen molar-refractivity contribution in [3.05, 3.63) is 64.7 Å². The number of para-hydroxylation sites is 1. The monoisotopic (exact) mass is 455 g/mol. The number of ether oxygens (including phenoxy) is 2. The number of hydrogen-bond donors (Lipinski definition) is 0. The maximum atomic E-state index is 13.7. The zero-order chi connectivity index (χ0) is 23.4. The van der Waals surface area contributed by atoms with Crippen LogP contribution in [0.2, 0.25) is 5.02 Å². The van der Waals surface area contributed by atoms with Gasteiger partial charge in [-0.25, -0.2) is 9.69 Å². The van der Waals surface area contributed by atoms with E-state index in [1.165, 1.54) is 7.11 Å². The summed E-state index contributed by atoms with van der Waals surface area (Å²) in [6, 6.07) is 12.8. The second-order valence-corrected chi connectivity index (χ2v) is 9.29. The fraction of sp³-hybridized carbons (Fsp3) is 0.333. The third-order valence-corrected chi connectivity index (χ3v) is 6.05. The molecule has 3 atom stereocenters. The van der Waals surface area contributed by atoms with Gasteiger partial charge in [0.2, 0.25) is 5.91 Å². The lowest BCUT2D eigenvalue weighted by Crippen LogP contribution is -2.42. The van der Waals surface area contributed by atoms with Crippen molar-refractivity contribution in [1.82, 2.24) is 0 Å². The summed E-state index contributed by atoms with van der Waals surface area (Å²) in [6.45, 7) is 5.07. The van der Waals surface area contributed by atoms with Crippen molar-refractivity contribution in [2.45, 2.75) is 31.8 Å². The van der Waals surface area contributed by atoms with Crippen molar-refractivity contribution in [3.63, 3.8) is 0 Å². The Morgan fingerprint density at radius 3 is 2.22 bits per heavy atom. The Balaban J connectivity index is 1.83. The quantitative estimate of drug-likeness (QED) is 0.510. The van der Waals surface area contributed by atoms with Crippen LogP contribution in [0.3, 0.4) is 0 Å². The minimum Gasteiger partial charge on any atom is -0.469 e. The van der Waals surface area contributed by atoms with Gasteiger partial charge in [-0.15, -0.1) is 0 Å². The highest BCUT2D eigenvalue weighted by atomic mass is 35.5. The van der Waals surface area contributed by atoms with E-state index in [4.69, 9.17) is 21.1 Å². The maximum absolute atomic E-state index is 13.7. The lowest BCUT2D eigenvalue weighted by Gasteiger charge is -2.24. The van der Waals surface area contributed by atoms with Crippen LogP contribution in [0.4, 0.5) is 10.5 Å². The normalized spacial score (nSPS) is 23.7. The van der Waals surface area contributed by atoms with Gasteiger partial charge in [-0.2, -0.15) is 0 Å². The number of benzene rings is 2. The molecule has 1 heterocycles. The number of Topliss-reactive ketones (excluding diaryl/α,β-unsaturated/α-hetero) is 1. The van der Waals surface area contributed by atoms with Crippen LogP contribution in [-0.2, 0) is 24.5 Å². The van der Waals surface area contributed by atoms with Gasteiger partial charge in [0.15, 0.2) is 5.78 Å². The first kappa shape index (κ1) is 22.0. The van der Waals surface area contributed by atoms with Crippen molar-refractivity contribution >= 4 is 41.0 Å². The Bertz CT molecular complexity index is 1140. The summed E-state index contributed by atoms with van der Waals surface area (Å²) < 4.78 is 10.4. The standard InChI is InChI=1S/C24H22ClNO6/c1-23(2,3)32-22(30)26-16-8-6-5-7-15(16)24(21(26)29)17(18(24)20(28)31-4)19(27)13-9-11-14(25)12-10-13/h5-12,17-18H,1-4H3/t17-,18-,24-/m1/s1. The molecule has 7 nitrogen and oxygen atoms in total. The fourth-order valence-electron chi connectivity index (χ4n) is 4.51. The van der Waals surface area contributed by atoms with Crippen molar-refractivity contribution in [2.24, 2.45) is 11.8 Å². The molecule has 1 spiro atoms. The zero-order valence-corrected chi connectivity index (χ0v) is 18.8. The number of methoxy groups -OCH3 is 1. The van der Waals surface area contributed by atoms with Crippen LogP contribution in [0, 0.1) is 11.8 Å². The predicted molar refractivity (Wildman–Crippen MR) is 117 cm³/mol. The summed E-state index contributed by atoms with van der Waals surface area (Å²) in [5.74, 6) is -3.83. The summed E-state index contributed by atoms with van der Waals surface area (Å²) in [7, 11) is 1.20. The zero-order valence-electron chi connectivity index (χ0n) is 18.0. The summed E-state index contributed by atoms with van der Waals surface area (Å²) in [6.07, 6.45) is -0.861. The molecule has 0 N–H and O–H groups in total. The van der Waals surface area contributed by atoms with Crippen LogP contribution in [0.25, 0.3) is 0 Å². The first-order valence-electron chi connectivity index (χ1n) is 10.1. The van der Waals surface area contributed by atoms with Crippen LogP contribution in [0.15, 0.2) is 48.5 Å². The largest absolute Gasteiger partial charge is 0.469 e. The SMILES string of the molecule is COC(=O)[C@H]1[C@H](C(=O)c2ccc(Cl)cc2)[C@@]12C(=O)N(C(=O)OC(C)(C)C)c1ccccc12. The topological polar surface area (TPSA) is 90.0 Å². The lowest BCUT2D eigenvalue weighted by atomic mass is 9.91. The summed E-state index contributed by atoms with van der Waals surface area (Å²) in [4.78, 5) is 53.8. The number of carbonyl (C=O) groups is 4. The second-order valence-electron chi connectivity index (χ2n) is 8.86. The molecule has 4 rings (SSSR count). The van der Waals surface area contributed by atoms with Gasteiger partial charge in [0.05, 0.1) is 24.6 Å². The van der Waals surface area contributed by atoms with Crippen molar-refractivity contribution < 1.29 is 28.7 Å². The number of halogens is 1. The minimum absolute atomic E-state index is 0.298. The van der Waals surface area contributed by atoms with Crippen LogP contribution >= 0.6 is 11.6 Å². The molecule has 0 bridgehead atoms. The summed E-state index contributed by atoms with van der Waals surface area (Å²) in [5, 5.41) is 0.454. The average molecular weight is 456 g/mol. The number of nitrogens with zero attached hydrogens (tertiary/aromatic N) is 1. The highest BCUT2D eigenvalue weighted by Crippen LogP contribution is 2.67. The first-order chi connectivity index (χ1) is 15.0. The van der Waals surface area contributed by atoms with E-state index in [0.717, 1.165) is 4.90 Å². The molecule has 32 heavy (non-hydrogen) atoms. The van der Waals surface area contributed by atoms with Crippen molar-refractivity contribution in [2.75, 3.05) is 12.0 Å². The molecule has 2 aromatic rings. The van der Waals surface area contributed by atoms with E-state index >= 15 is 0 Å². The third-order valence-electron chi connectivity index (χ3n) is 5.80. The molecule has 1 saturated carbocycles. The molecule has 0 radical (unpaired) electrons. The van der Waals surface area contributed by atoms with E-state index in [2.05, 4.69) is 0 Å². The summed E-state index contributed by atoms with van der Waals surface area (Å²) >= 11 is 5.93. The van der Waals surface area contributed by atoms with Gasteiger partial charge < -0.3 is 9.47 Å². The number of amides is 2. The van der Waals surface area contributed by atoms with Gasteiger partial charge in [-0.3, -0.25) is 14.4 Å². The highest BCUT2D eigenvalue weighted by molar-refractivity contribution is 6.31. The van der Waals surface area contributed by atoms with Gasteiger partial charge in [-0.05, 0) is 56.7 Å². The number of hydrogen-bond acceptors (Lipinski definition) is 6. The molecule has 1 fully saturated rings. The number of ketones is 1. The number of fused-ring (bicyclic) bond motifs is 2. The Morgan fingerprint density at radius 1 is 1.00 bits per heavy atom. The summed E-state index contributed by atoms with van der Waals surface area (Å²) in [5.41, 5.74) is -1.33. The molecule has 0 unspecified atom stereocenters. The third kappa shape index (κ3) is 3.19. The van der Waals surface area contributed by atoms with Crippen molar-refractivity contribution in [3.8, 4) is 0 Å². The van der Waals surface area contributed by atoms with Crippen LogP contribution < -0.4 is 4.90 Å². The molecule has 1 aliphatic heterocycles. The Morgan fingerprint density at radius 2 is 1.62 bits per heavy atom. The highest BCUT2D eigenvalue weighted by Gasteiger charge is 2.81.